The maximum Gasteiger partial charge on any atom is 0.303 e. The van der Waals surface area contributed by atoms with Crippen LogP contribution in [-0.4, -0.2) is 58.2 Å². The van der Waals surface area contributed by atoms with Gasteiger partial charge in [-0.2, -0.15) is 0 Å². The van der Waals surface area contributed by atoms with Crippen LogP contribution >= 0.6 is 0 Å². The van der Waals surface area contributed by atoms with Gasteiger partial charge in [0.25, 0.3) is 0 Å². The molecular formula is C38H43N3O6. The van der Waals surface area contributed by atoms with E-state index in [0.717, 1.165) is 58.6 Å². The van der Waals surface area contributed by atoms with Gasteiger partial charge in [0.15, 0.2) is 6.29 Å². The molecule has 1 amide bonds. The Kier molecular flexibility index (Phi) is 12.2. The second kappa shape index (κ2) is 16.9. The average molecular weight is 638 g/mol. The number of rotatable bonds is 15. The molecule has 0 radical (unpaired) electrons. The number of aliphatic hydroxyl groups excluding tert-OH is 1. The van der Waals surface area contributed by atoms with E-state index in [0.29, 0.717) is 19.4 Å². The first-order chi connectivity index (χ1) is 22.9. The number of benzene rings is 3. The molecule has 1 aromatic heterocycles. The molecule has 1 saturated heterocycles. The molecule has 4 aromatic rings. The Bertz CT molecular complexity index is 1580. The van der Waals surface area contributed by atoms with Crippen LogP contribution in [0.25, 0.3) is 11.1 Å². The van der Waals surface area contributed by atoms with Crippen molar-refractivity contribution in [3.05, 3.63) is 125 Å². The summed E-state index contributed by atoms with van der Waals surface area (Å²) in [7, 11) is 2.11. The molecule has 9 nitrogen and oxygen atoms in total. The van der Waals surface area contributed by atoms with E-state index in [9.17, 15) is 14.7 Å². The Morgan fingerprint density at radius 3 is 2.40 bits per heavy atom. The number of aromatic nitrogens is 1. The third kappa shape index (κ3) is 10.3. The molecule has 1 aliphatic heterocycles. The number of nitrogens with zero attached hydrogens (tertiary/aromatic N) is 2. The van der Waals surface area contributed by atoms with Gasteiger partial charge in [-0.1, -0.05) is 72.8 Å². The number of hydrogen-bond acceptors (Lipinski definition) is 7. The Morgan fingerprint density at radius 2 is 1.68 bits per heavy atom. The van der Waals surface area contributed by atoms with E-state index in [1.54, 1.807) is 0 Å². The van der Waals surface area contributed by atoms with Crippen molar-refractivity contribution in [3.63, 3.8) is 0 Å². The fourth-order valence-electron chi connectivity index (χ4n) is 5.71. The van der Waals surface area contributed by atoms with Gasteiger partial charge in [-0.3, -0.25) is 14.6 Å². The van der Waals surface area contributed by atoms with Gasteiger partial charge in [-0.25, -0.2) is 0 Å². The predicted molar refractivity (Wildman–Crippen MR) is 179 cm³/mol. The number of carbonyl (C=O) groups is 2. The number of hydrogen-bond donors (Lipinski definition) is 3. The largest absolute Gasteiger partial charge is 0.481 e. The van der Waals surface area contributed by atoms with Crippen LogP contribution in [0.5, 0.6) is 0 Å². The normalized spacial score (nSPS) is 17.8. The van der Waals surface area contributed by atoms with Crippen LogP contribution in [0.3, 0.4) is 0 Å². The third-order valence-electron chi connectivity index (χ3n) is 8.33. The van der Waals surface area contributed by atoms with Gasteiger partial charge in [-0.15, -0.1) is 0 Å². The average Bonchev–Trinajstić information content (AvgIpc) is 3.10. The summed E-state index contributed by atoms with van der Waals surface area (Å²) in [5, 5.41) is 21.2. The standard InChI is InChI=1S/C38H43N3O6/c1-41(21-19-33-8-2-3-20-39-33)25-34-23-35(30-13-11-27(26-42)12-14-30)47-38(46-34)31-17-15-29(16-18-31)32-7-4-6-28(22-32)24-40-36(43)9-5-10-37(44)45/h2-4,6-8,11-18,20,22,34-35,38,42H,5,9-10,19,21,23-26H2,1H3,(H,40,43)(H,44,45). The first-order valence-electron chi connectivity index (χ1n) is 16.1. The number of carboxylic acids is 1. The molecule has 0 spiro atoms. The molecule has 1 fully saturated rings. The fourth-order valence-corrected chi connectivity index (χ4v) is 5.71. The number of carboxylic acid groups (broad SMARTS) is 1. The zero-order valence-electron chi connectivity index (χ0n) is 26.8. The predicted octanol–water partition coefficient (Wildman–Crippen LogP) is 5.83. The maximum absolute atomic E-state index is 12.1. The second-order valence-electron chi connectivity index (χ2n) is 12.0. The molecule has 47 heavy (non-hydrogen) atoms. The summed E-state index contributed by atoms with van der Waals surface area (Å²) in [4.78, 5) is 29.5. The van der Waals surface area contributed by atoms with E-state index in [2.05, 4.69) is 34.4 Å². The van der Waals surface area contributed by atoms with Crippen LogP contribution in [0.1, 0.15) is 66.0 Å². The van der Waals surface area contributed by atoms with E-state index in [-0.39, 0.29) is 37.6 Å². The SMILES string of the molecule is CN(CCc1ccccn1)CC1CC(c2ccc(CO)cc2)OC(c2ccc(-c3cccc(CNC(=O)CCCC(=O)O)c3)cc2)O1. The van der Waals surface area contributed by atoms with E-state index in [1.807, 2.05) is 85.1 Å². The van der Waals surface area contributed by atoms with Gasteiger partial charge < -0.3 is 29.9 Å². The number of aliphatic hydroxyl groups is 1. The van der Waals surface area contributed by atoms with Crippen molar-refractivity contribution >= 4 is 11.9 Å². The summed E-state index contributed by atoms with van der Waals surface area (Å²) in [6.07, 6.45) is 3.13. The Balaban J connectivity index is 1.25. The molecule has 0 saturated carbocycles. The molecule has 2 heterocycles. The maximum atomic E-state index is 12.1. The Labute approximate surface area is 276 Å². The van der Waals surface area contributed by atoms with Crippen LogP contribution in [0.15, 0.2) is 97.2 Å². The van der Waals surface area contributed by atoms with Gasteiger partial charge >= 0.3 is 5.97 Å². The quantitative estimate of drug-likeness (QED) is 0.149. The molecular weight excluding hydrogens is 594 g/mol. The van der Waals surface area contributed by atoms with Gasteiger partial charge in [0, 0.05) is 62.8 Å². The topological polar surface area (TPSA) is 121 Å². The summed E-state index contributed by atoms with van der Waals surface area (Å²) in [6, 6.07) is 30.1. The van der Waals surface area contributed by atoms with Crippen molar-refractivity contribution in [2.24, 2.45) is 0 Å². The van der Waals surface area contributed by atoms with E-state index < -0.39 is 12.3 Å². The molecule has 3 aromatic carbocycles. The number of amides is 1. The molecule has 3 atom stereocenters. The number of pyridine rings is 1. The number of carbonyl (C=O) groups excluding carboxylic acids is 1. The molecule has 0 aliphatic carbocycles. The van der Waals surface area contributed by atoms with Crippen LogP contribution < -0.4 is 5.32 Å². The lowest BCUT2D eigenvalue weighted by Crippen LogP contribution is -2.38. The highest BCUT2D eigenvalue weighted by Gasteiger charge is 2.32. The van der Waals surface area contributed by atoms with Crippen molar-refractivity contribution in [1.82, 2.24) is 15.2 Å². The first-order valence-corrected chi connectivity index (χ1v) is 16.1. The smallest absolute Gasteiger partial charge is 0.303 e. The van der Waals surface area contributed by atoms with Crippen LogP contribution in [-0.2, 0) is 38.6 Å². The first kappa shape index (κ1) is 33.9. The second-order valence-corrected chi connectivity index (χ2v) is 12.0. The Morgan fingerprint density at radius 1 is 0.894 bits per heavy atom. The van der Waals surface area contributed by atoms with Crippen molar-refractivity contribution < 1.29 is 29.3 Å². The van der Waals surface area contributed by atoms with Crippen LogP contribution in [0, 0.1) is 0 Å². The van der Waals surface area contributed by atoms with Gasteiger partial charge in [0.05, 0.1) is 18.8 Å². The minimum Gasteiger partial charge on any atom is -0.481 e. The van der Waals surface area contributed by atoms with Crippen molar-refractivity contribution in [1.29, 1.82) is 0 Å². The van der Waals surface area contributed by atoms with Gasteiger partial charge in [0.1, 0.15) is 0 Å². The number of nitrogens with one attached hydrogen (secondary N) is 1. The molecule has 9 heteroatoms. The number of aliphatic carboxylic acids is 1. The van der Waals surface area contributed by atoms with Gasteiger partial charge in [0.2, 0.25) is 5.91 Å². The van der Waals surface area contributed by atoms with E-state index >= 15 is 0 Å². The lowest BCUT2D eigenvalue weighted by Gasteiger charge is -2.38. The molecule has 246 valence electrons. The summed E-state index contributed by atoms with van der Waals surface area (Å²) < 4.78 is 13.1. The highest BCUT2D eigenvalue weighted by Crippen LogP contribution is 2.38. The molecule has 0 bridgehead atoms. The van der Waals surface area contributed by atoms with E-state index in [1.165, 1.54) is 0 Å². The Hall–Kier alpha value is -4.41. The zero-order valence-corrected chi connectivity index (χ0v) is 26.8. The summed E-state index contributed by atoms with van der Waals surface area (Å²) >= 11 is 0. The highest BCUT2D eigenvalue weighted by atomic mass is 16.7. The van der Waals surface area contributed by atoms with Crippen molar-refractivity contribution in [2.45, 2.75) is 63.8 Å². The number of ether oxygens (including phenoxy) is 2. The molecule has 3 unspecified atom stereocenters. The zero-order chi connectivity index (χ0) is 33.0. The molecule has 5 rings (SSSR count). The summed E-state index contributed by atoms with van der Waals surface area (Å²) in [5.41, 5.74) is 6.92. The van der Waals surface area contributed by atoms with Crippen molar-refractivity contribution in [2.75, 3.05) is 20.1 Å². The highest BCUT2D eigenvalue weighted by molar-refractivity contribution is 5.76. The lowest BCUT2D eigenvalue weighted by atomic mass is 9.99. The van der Waals surface area contributed by atoms with Crippen molar-refractivity contribution in [3.8, 4) is 11.1 Å². The minimum absolute atomic E-state index is 0.000276. The fraction of sp³-hybridized carbons (Fsp3) is 0.342. The minimum atomic E-state index is -0.897. The lowest BCUT2D eigenvalue weighted by molar-refractivity contribution is -0.252. The molecule has 3 N–H and O–H groups in total. The number of likely N-dealkylation sites (N-methyl/N-ethyl adjacent to an activating group) is 1. The third-order valence-corrected chi connectivity index (χ3v) is 8.33. The summed E-state index contributed by atoms with van der Waals surface area (Å²) in [6.45, 7) is 1.99. The monoisotopic (exact) mass is 637 g/mol. The van der Waals surface area contributed by atoms with Crippen LogP contribution in [0.4, 0.5) is 0 Å². The van der Waals surface area contributed by atoms with Gasteiger partial charge in [-0.05, 0) is 59.5 Å². The molecule has 1 aliphatic rings. The summed E-state index contributed by atoms with van der Waals surface area (Å²) in [5.74, 6) is -1.06. The van der Waals surface area contributed by atoms with E-state index in [4.69, 9.17) is 14.6 Å². The van der Waals surface area contributed by atoms with Crippen LogP contribution in [0.2, 0.25) is 0 Å².